The number of hydrogen-bond donors (Lipinski definition) is 2. The molecule has 2 rings (SSSR count). The van der Waals surface area contributed by atoms with Gasteiger partial charge in [0.15, 0.2) is 12.0 Å². The van der Waals surface area contributed by atoms with Crippen LogP contribution >= 0.6 is 12.2 Å². The maximum Gasteiger partial charge on any atom is 0.305 e. The smallest absolute Gasteiger partial charge is 0.305 e. The summed E-state index contributed by atoms with van der Waals surface area (Å²) >= 11 is 5.09. The Balaban J connectivity index is 2.22. The van der Waals surface area contributed by atoms with Crippen molar-refractivity contribution < 1.29 is 0 Å². The molecule has 2 N–H and O–H groups in total. The van der Waals surface area contributed by atoms with E-state index >= 15 is 0 Å². The Morgan fingerprint density at radius 1 is 1.58 bits per heavy atom. The first kappa shape index (κ1) is 7.09. The molecular formula is C7H5N4S+. The molecule has 0 aromatic carbocycles. The largest absolute Gasteiger partial charge is 0.342 e. The summed E-state index contributed by atoms with van der Waals surface area (Å²) in [5.74, 6) is 1.26. The third-order valence-electron chi connectivity index (χ3n) is 1.38. The number of rotatable bonds is 2. The third kappa shape index (κ3) is 1.11. The highest BCUT2D eigenvalue weighted by molar-refractivity contribution is 7.82. The van der Waals surface area contributed by atoms with Crippen molar-refractivity contribution in [2.24, 2.45) is 4.99 Å². The topological polar surface area (TPSA) is 53.1 Å². The highest BCUT2D eigenvalue weighted by Gasteiger charge is 2.22. The van der Waals surface area contributed by atoms with Crippen LogP contribution in [0.5, 0.6) is 0 Å². The molecule has 5 heteroatoms. The molecule has 0 unspecified atom stereocenters. The summed E-state index contributed by atoms with van der Waals surface area (Å²) in [7, 11) is 0. The van der Waals surface area contributed by atoms with Gasteiger partial charge in [0.2, 0.25) is 11.1 Å². The SMILES string of the molecule is S=C(C1=N[C+]=CN1)c1ncc[nH]1. The molecule has 4 nitrogen and oxygen atoms in total. The van der Waals surface area contributed by atoms with Crippen molar-refractivity contribution >= 4 is 22.9 Å². The maximum atomic E-state index is 5.09. The number of hydrogen-bond acceptors (Lipinski definition) is 4. The number of imidazole rings is 1. The summed E-state index contributed by atoms with van der Waals surface area (Å²) in [5, 5.41) is 2.86. The molecule has 0 atom stereocenters. The number of aromatic nitrogens is 2. The molecule has 0 spiro atoms. The first-order valence-electron chi connectivity index (χ1n) is 3.33. The van der Waals surface area contributed by atoms with Gasteiger partial charge in [0.05, 0.1) is 0 Å². The average molecular weight is 177 g/mol. The zero-order valence-corrected chi connectivity index (χ0v) is 6.85. The molecule has 0 saturated heterocycles. The highest BCUT2D eigenvalue weighted by Crippen LogP contribution is 1.97. The minimum absolute atomic E-state index is 0.571. The first-order chi connectivity index (χ1) is 5.88. The van der Waals surface area contributed by atoms with Gasteiger partial charge in [-0.3, -0.25) is 0 Å². The Labute approximate surface area is 74.4 Å². The van der Waals surface area contributed by atoms with E-state index in [1.54, 1.807) is 18.6 Å². The van der Waals surface area contributed by atoms with Crippen LogP contribution in [0.2, 0.25) is 0 Å². The standard InChI is InChI=1S/C7H4N4S/c12-5(6-8-1-2-9-6)7-10-3-4-11-7/h1-3H,(H-,8,9,10,11,12)/p+1. The monoisotopic (exact) mass is 177 g/mol. The number of nitrogens with zero attached hydrogens (tertiary/aromatic N) is 2. The molecule has 1 aromatic rings. The average Bonchev–Trinajstić information content (AvgIpc) is 2.77. The van der Waals surface area contributed by atoms with E-state index < -0.39 is 0 Å². The fraction of sp³-hybridized carbons (Fsp3) is 0. The van der Waals surface area contributed by atoms with Crippen LogP contribution in [0.1, 0.15) is 5.82 Å². The fourth-order valence-corrected chi connectivity index (χ4v) is 1.06. The summed E-state index contributed by atoms with van der Waals surface area (Å²) in [4.78, 5) is 11.4. The van der Waals surface area contributed by atoms with Crippen molar-refractivity contribution in [3.05, 3.63) is 30.6 Å². The third-order valence-corrected chi connectivity index (χ3v) is 1.76. The van der Waals surface area contributed by atoms with E-state index in [1.807, 2.05) is 0 Å². The quantitative estimate of drug-likeness (QED) is 0.390. The van der Waals surface area contributed by atoms with E-state index in [4.69, 9.17) is 12.2 Å². The Morgan fingerprint density at radius 2 is 2.50 bits per heavy atom. The molecule has 0 fully saturated rings. The minimum Gasteiger partial charge on any atom is -0.342 e. The Kier molecular flexibility index (Phi) is 1.66. The predicted octanol–water partition coefficient (Wildman–Crippen LogP) is 0.404. The molecule has 0 saturated carbocycles. The maximum absolute atomic E-state index is 5.09. The van der Waals surface area contributed by atoms with E-state index in [9.17, 15) is 0 Å². The van der Waals surface area contributed by atoms with Gasteiger partial charge in [0.25, 0.3) is 0 Å². The lowest BCUT2D eigenvalue weighted by Crippen LogP contribution is -2.24. The Hall–Kier alpha value is -1.58. The molecule has 12 heavy (non-hydrogen) atoms. The summed E-state index contributed by atoms with van der Waals surface area (Å²) in [5.41, 5.74) is 0. The predicted molar refractivity (Wildman–Crippen MR) is 48.7 cm³/mol. The normalized spacial score (nSPS) is 13.5. The lowest BCUT2D eigenvalue weighted by molar-refractivity contribution is 1.27. The highest BCUT2D eigenvalue weighted by atomic mass is 32.1. The summed E-state index contributed by atoms with van der Waals surface area (Å²) in [6.45, 7) is 0. The summed E-state index contributed by atoms with van der Waals surface area (Å²) < 4.78 is 0. The molecule has 58 valence electrons. The van der Waals surface area contributed by atoms with E-state index in [-0.39, 0.29) is 0 Å². The number of aliphatic imine (C=N–C) groups is 1. The first-order valence-corrected chi connectivity index (χ1v) is 3.74. The van der Waals surface area contributed by atoms with Gasteiger partial charge in [0.1, 0.15) is 0 Å². The van der Waals surface area contributed by atoms with E-state index in [0.29, 0.717) is 16.5 Å². The Bertz CT molecular complexity index is 349. The van der Waals surface area contributed by atoms with Crippen molar-refractivity contribution in [1.29, 1.82) is 0 Å². The van der Waals surface area contributed by atoms with Crippen LogP contribution in [0.3, 0.4) is 0 Å². The van der Waals surface area contributed by atoms with Crippen LogP contribution in [0.4, 0.5) is 0 Å². The second kappa shape index (κ2) is 2.81. The van der Waals surface area contributed by atoms with Crippen LogP contribution in [0.15, 0.2) is 23.6 Å². The number of H-pyrrole nitrogens is 1. The molecule has 0 aliphatic carbocycles. The van der Waals surface area contributed by atoms with Gasteiger partial charge < -0.3 is 4.98 Å². The molecule has 1 aliphatic rings. The van der Waals surface area contributed by atoms with Crippen molar-refractivity contribution in [2.75, 3.05) is 0 Å². The zero-order chi connectivity index (χ0) is 8.39. The van der Waals surface area contributed by atoms with Gasteiger partial charge in [-0.05, 0) is 12.2 Å². The zero-order valence-electron chi connectivity index (χ0n) is 6.03. The van der Waals surface area contributed by atoms with Crippen LogP contribution in [-0.2, 0) is 0 Å². The van der Waals surface area contributed by atoms with Crippen LogP contribution in [0.25, 0.3) is 0 Å². The number of nitrogens with one attached hydrogen (secondary N) is 2. The number of thiocarbonyl (C=S) groups is 1. The van der Waals surface area contributed by atoms with E-state index in [0.717, 1.165) is 0 Å². The van der Waals surface area contributed by atoms with Crippen LogP contribution in [-0.4, -0.2) is 20.7 Å². The Morgan fingerprint density at radius 3 is 3.08 bits per heavy atom. The van der Waals surface area contributed by atoms with Crippen LogP contribution < -0.4 is 5.32 Å². The van der Waals surface area contributed by atoms with Crippen molar-refractivity contribution in [3.8, 4) is 0 Å². The van der Waals surface area contributed by atoms with Gasteiger partial charge in [-0.25, -0.2) is 10.3 Å². The van der Waals surface area contributed by atoms with E-state index in [1.165, 1.54) is 0 Å². The fourth-order valence-electron chi connectivity index (χ4n) is 0.848. The lowest BCUT2D eigenvalue weighted by Gasteiger charge is -1.90. The molecule has 0 amide bonds. The van der Waals surface area contributed by atoms with Gasteiger partial charge in [-0.2, -0.15) is 0 Å². The molecule has 1 aromatic heterocycles. The van der Waals surface area contributed by atoms with Gasteiger partial charge in [-0.15, -0.1) is 0 Å². The number of amidine groups is 1. The molecule has 2 heterocycles. The molecule has 0 radical (unpaired) electrons. The summed E-state index contributed by atoms with van der Waals surface area (Å²) in [6.07, 6.45) is 7.60. The molecule has 1 aliphatic heterocycles. The van der Waals surface area contributed by atoms with E-state index in [2.05, 4.69) is 26.5 Å². The second-order valence-electron chi connectivity index (χ2n) is 2.15. The van der Waals surface area contributed by atoms with Crippen molar-refractivity contribution in [1.82, 2.24) is 15.3 Å². The van der Waals surface area contributed by atoms with Gasteiger partial charge in [-0.1, -0.05) is 0 Å². The van der Waals surface area contributed by atoms with Crippen molar-refractivity contribution in [3.63, 3.8) is 0 Å². The summed E-state index contributed by atoms with van der Waals surface area (Å²) in [6, 6.07) is 0. The van der Waals surface area contributed by atoms with Gasteiger partial charge >= 0.3 is 5.84 Å². The van der Waals surface area contributed by atoms with Crippen LogP contribution in [0, 0.1) is 6.20 Å². The second-order valence-corrected chi connectivity index (χ2v) is 2.55. The molecule has 0 bridgehead atoms. The molecular weight excluding hydrogens is 172 g/mol. The van der Waals surface area contributed by atoms with Gasteiger partial charge in [0, 0.05) is 17.4 Å². The van der Waals surface area contributed by atoms with Crippen molar-refractivity contribution in [2.45, 2.75) is 0 Å². The number of aromatic amines is 1. The lowest BCUT2D eigenvalue weighted by atomic mass is 10.4. The minimum atomic E-state index is 0.571.